The molecule has 76 valence electrons. The summed E-state index contributed by atoms with van der Waals surface area (Å²) in [7, 11) is 0. The van der Waals surface area contributed by atoms with Gasteiger partial charge in [-0.25, -0.2) is 0 Å². The third kappa shape index (κ3) is 2.25. The van der Waals surface area contributed by atoms with Crippen LogP contribution in [0, 0.1) is 0 Å². The van der Waals surface area contributed by atoms with Gasteiger partial charge in [0.15, 0.2) is 0 Å². The summed E-state index contributed by atoms with van der Waals surface area (Å²) in [6.45, 7) is 1.09. The fourth-order valence-corrected chi connectivity index (χ4v) is 1.49. The zero-order chi connectivity index (χ0) is 9.80. The minimum Gasteiger partial charge on any atom is -0.485 e. The van der Waals surface area contributed by atoms with Gasteiger partial charge in [0.05, 0.1) is 12.7 Å². The van der Waals surface area contributed by atoms with E-state index in [4.69, 9.17) is 9.47 Å². The average Bonchev–Trinajstić information content (AvgIpc) is 2.23. The molecule has 0 amide bonds. The zero-order valence-electron chi connectivity index (χ0n) is 7.93. The molecule has 1 aliphatic rings. The quantitative estimate of drug-likeness (QED) is 0.769. The van der Waals surface area contributed by atoms with E-state index in [1.54, 1.807) is 0 Å². The maximum Gasteiger partial charge on any atom is 0.148 e. The van der Waals surface area contributed by atoms with Crippen LogP contribution in [0.15, 0.2) is 30.3 Å². The predicted octanol–water partition coefficient (Wildman–Crippen LogP) is 1.22. The van der Waals surface area contributed by atoms with Gasteiger partial charge in [0, 0.05) is 13.0 Å². The average molecular weight is 194 g/mol. The van der Waals surface area contributed by atoms with Crippen molar-refractivity contribution in [2.24, 2.45) is 0 Å². The first-order valence-corrected chi connectivity index (χ1v) is 4.84. The number of hydrogen-bond acceptors (Lipinski definition) is 3. The summed E-state index contributed by atoms with van der Waals surface area (Å²) in [5.41, 5.74) is 0. The van der Waals surface area contributed by atoms with Gasteiger partial charge in [-0.3, -0.25) is 0 Å². The Balaban J connectivity index is 1.96. The van der Waals surface area contributed by atoms with Gasteiger partial charge in [0.25, 0.3) is 0 Å². The van der Waals surface area contributed by atoms with E-state index in [-0.39, 0.29) is 6.10 Å². The van der Waals surface area contributed by atoms with Gasteiger partial charge in [0.2, 0.25) is 0 Å². The molecule has 1 N–H and O–H groups in total. The third-order valence-electron chi connectivity index (χ3n) is 2.30. The summed E-state index contributed by atoms with van der Waals surface area (Å²) < 4.78 is 10.8. The van der Waals surface area contributed by atoms with E-state index in [1.807, 2.05) is 30.3 Å². The van der Waals surface area contributed by atoms with Crippen molar-refractivity contribution in [3.63, 3.8) is 0 Å². The number of aliphatic hydroxyl groups excluding tert-OH is 1. The normalized spacial score (nSPS) is 27.2. The molecule has 0 saturated carbocycles. The fourth-order valence-electron chi connectivity index (χ4n) is 1.49. The Bertz CT molecular complexity index is 273. The van der Waals surface area contributed by atoms with E-state index in [0.29, 0.717) is 19.6 Å². The molecule has 0 bridgehead atoms. The smallest absolute Gasteiger partial charge is 0.148 e. The van der Waals surface area contributed by atoms with Gasteiger partial charge >= 0.3 is 0 Å². The zero-order valence-corrected chi connectivity index (χ0v) is 7.93. The van der Waals surface area contributed by atoms with Crippen molar-refractivity contribution in [1.82, 2.24) is 0 Å². The molecule has 0 spiro atoms. The molecule has 3 heteroatoms. The number of ether oxygens (including phenoxy) is 2. The number of rotatable bonds is 2. The van der Waals surface area contributed by atoms with E-state index < -0.39 is 6.10 Å². The summed E-state index contributed by atoms with van der Waals surface area (Å²) >= 11 is 0. The van der Waals surface area contributed by atoms with Crippen molar-refractivity contribution in [3.05, 3.63) is 30.3 Å². The highest BCUT2D eigenvalue weighted by atomic mass is 16.5. The SMILES string of the molecule is OC1CCOCC1Oc1ccccc1. The molecule has 0 aromatic heterocycles. The molecule has 1 saturated heterocycles. The molecular formula is C11H14O3. The summed E-state index contributed by atoms with van der Waals surface area (Å²) in [5, 5.41) is 9.63. The lowest BCUT2D eigenvalue weighted by atomic mass is 10.1. The van der Waals surface area contributed by atoms with Crippen LogP contribution < -0.4 is 4.74 Å². The number of hydrogen-bond donors (Lipinski definition) is 1. The summed E-state index contributed by atoms with van der Waals surface area (Å²) in [6.07, 6.45) is 0.00688. The molecule has 1 aromatic carbocycles. The topological polar surface area (TPSA) is 38.7 Å². The first-order valence-electron chi connectivity index (χ1n) is 4.84. The monoisotopic (exact) mass is 194 g/mol. The summed E-state index contributed by atoms with van der Waals surface area (Å²) in [6, 6.07) is 9.50. The molecule has 2 atom stereocenters. The fraction of sp³-hybridized carbons (Fsp3) is 0.455. The Morgan fingerprint density at radius 2 is 2.07 bits per heavy atom. The molecule has 1 fully saturated rings. The predicted molar refractivity (Wildman–Crippen MR) is 52.3 cm³/mol. The molecule has 0 radical (unpaired) electrons. The van der Waals surface area contributed by atoms with E-state index in [2.05, 4.69) is 0 Å². The lowest BCUT2D eigenvalue weighted by molar-refractivity contribution is -0.0735. The Labute approximate surface area is 83.3 Å². The van der Waals surface area contributed by atoms with Crippen LogP contribution in [0.2, 0.25) is 0 Å². The Morgan fingerprint density at radius 1 is 1.29 bits per heavy atom. The second-order valence-corrected chi connectivity index (χ2v) is 3.40. The molecule has 2 rings (SSSR count). The molecule has 3 nitrogen and oxygen atoms in total. The van der Waals surface area contributed by atoms with Crippen LogP contribution in [0.4, 0.5) is 0 Å². The third-order valence-corrected chi connectivity index (χ3v) is 2.30. The number of para-hydroxylation sites is 1. The van der Waals surface area contributed by atoms with Crippen LogP contribution in [0.1, 0.15) is 6.42 Å². The highest BCUT2D eigenvalue weighted by Gasteiger charge is 2.25. The maximum atomic E-state index is 9.63. The molecule has 1 heterocycles. The van der Waals surface area contributed by atoms with Crippen LogP contribution in [-0.2, 0) is 4.74 Å². The van der Waals surface area contributed by atoms with Gasteiger partial charge in [-0.05, 0) is 12.1 Å². The van der Waals surface area contributed by atoms with Crippen molar-refractivity contribution in [3.8, 4) is 5.75 Å². The minimum atomic E-state index is -0.413. The maximum absolute atomic E-state index is 9.63. The van der Waals surface area contributed by atoms with E-state index in [9.17, 15) is 5.11 Å². The summed E-state index contributed by atoms with van der Waals surface area (Å²) in [4.78, 5) is 0. The van der Waals surface area contributed by atoms with Gasteiger partial charge in [-0.2, -0.15) is 0 Å². The van der Waals surface area contributed by atoms with Crippen LogP contribution in [0.25, 0.3) is 0 Å². The molecule has 0 aliphatic carbocycles. The van der Waals surface area contributed by atoms with Crippen LogP contribution in [0.3, 0.4) is 0 Å². The Kier molecular flexibility index (Phi) is 3.01. The van der Waals surface area contributed by atoms with Crippen molar-refractivity contribution >= 4 is 0 Å². The number of benzene rings is 1. The molecular weight excluding hydrogens is 180 g/mol. The Hall–Kier alpha value is -1.06. The Morgan fingerprint density at radius 3 is 2.79 bits per heavy atom. The molecule has 2 unspecified atom stereocenters. The lowest BCUT2D eigenvalue weighted by Gasteiger charge is -2.28. The molecule has 1 aliphatic heterocycles. The largest absolute Gasteiger partial charge is 0.485 e. The van der Waals surface area contributed by atoms with E-state index in [0.717, 1.165) is 5.75 Å². The highest BCUT2D eigenvalue weighted by Crippen LogP contribution is 2.16. The van der Waals surface area contributed by atoms with Crippen LogP contribution >= 0.6 is 0 Å². The minimum absolute atomic E-state index is 0.230. The van der Waals surface area contributed by atoms with Crippen molar-refractivity contribution in [2.45, 2.75) is 18.6 Å². The van der Waals surface area contributed by atoms with Crippen molar-refractivity contribution < 1.29 is 14.6 Å². The second kappa shape index (κ2) is 4.44. The first-order chi connectivity index (χ1) is 6.86. The highest BCUT2D eigenvalue weighted by molar-refractivity contribution is 5.21. The van der Waals surface area contributed by atoms with E-state index in [1.165, 1.54) is 0 Å². The van der Waals surface area contributed by atoms with E-state index >= 15 is 0 Å². The van der Waals surface area contributed by atoms with Gasteiger partial charge in [0.1, 0.15) is 11.9 Å². The van der Waals surface area contributed by atoms with Gasteiger partial charge in [-0.15, -0.1) is 0 Å². The van der Waals surface area contributed by atoms with Crippen LogP contribution in [0.5, 0.6) is 5.75 Å². The molecule has 14 heavy (non-hydrogen) atoms. The number of aliphatic hydroxyl groups is 1. The van der Waals surface area contributed by atoms with Crippen molar-refractivity contribution in [2.75, 3.05) is 13.2 Å². The standard InChI is InChI=1S/C11H14O3/c12-10-6-7-13-8-11(10)14-9-4-2-1-3-5-9/h1-5,10-12H,6-8H2. The first kappa shape index (κ1) is 9.49. The van der Waals surface area contributed by atoms with Crippen LogP contribution in [-0.4, -0.2) is 30.5 Å². The second-order valence-electron chi connectivity index (χ2n) is 3.40. The molecule has 1 aromatic rings. The summed E-state index contributed by atoms with van der Waals surface area (Å²) in [5.74, 6) is 0.780. The van der Waals surface area contributed by atoms with Crippen molar-refractivity contribution in [1.29, 1.82) is 0 Å². The lowest BCUT2D eigenvalue weighted by Crippen LogP contribution is -2.40. The van der Waals surface area contributed by atoms with Gasteiger partial charge in [-0.1, -0.05) is 18.2 Å². The van der Waals surface area contributed by atoms with Gasteiger partial charge < -0.3 is 14.6 Å².